The van der Waals surface area contributed by atoms with E-state index < -0.39 is 29.8 Å². The minimum absolute atomic E-state index is 0. The van der Waals surface area contributed by atoms with Crippen LogP contribution in [0.3, 0.4) is 0 Å². The Bertz CT molecular complexity index is 2880. The fraction of sp³-hybridized carbons (Fsp3) is 0.346. The van der Waals surface area contributed by atoms with Crippen LogP contribution in [0.15, 0.2) is 77.7 Å². The number of likely N-dealkylation sites (N-methyl/N-ethyl adjacent to an activating group) is 1. The first-order chi connectivity index (χ1) is 33.7. The van der Waals surface area contributed by atoms with Crippen molar-refractivity contribution in [2.24, 2.45) is 7.05 Å². The number of thiophene rings is 1. The molecule has 2 aromatic heterocycles. The molecule has 19 heteroatoms. The number of imide groups is 2. The summed E-state index contributed by atoms with van der Waals surface area (Å²) in [5, 5.41) is 11.1. The third-order valence-electron chi connectivity index (χ3n) is 13.0. The van der Waals surface area contributed by atoms with Gasteiger partial charge in [-0.3, -0.25) is 39.0 Å². The van der Waals surface area contributed by atoms with Gasteiger partial charge in [0, 0.05) is 100 Å². The van der Waals surface area contributed by atoms with Gasteiger partial charge in [0.05, 0.1) is 16.5 Å². The third kappa shape index (κ3) is 11.9. The summed E-state index contributed by atoms with van der Waals surface area (Å²) in [6.07, 6.45) is 9.04. The maximum absolute atomic E-state index is 13.5. The zero-order chi connectivity index (χ0) is 49.6. The number of unbranched alkanes of at least 4 members (excludes halogenated alkanes) is 2. The summed E-state index contributed by atoms with van der Waals surface area (Å²) in [5.41, 5.74) is 5.95. The molecule has 1 aliphatic carbocycles. The van der Waals surface area contributed by atoms with E-state index in [0.717, 1.165) is 65.1 Å². The molecular formula is C52H55N9O8SY-2. The predicted octanol–water partition coefficient (Wildman–Crippen LogP) is 5.51. The Morgan fingerprint density at radius 1 is 0.901 bits per heavy atom. The quantitative estimate of drug-likeness (QED) is 0.0656. The van der Waals surface area contributed by atoms with Crippen LogP contribution in [0.25, 0.3) is 11.3 Å². The number of piperazine rings is 1. The van der Waals surface area contributed by atoms with Crippen molar-refractivity contribution in [2.75, 3.05) is 43.9 Å². The average molecular weight is 1060 g/mol. The van der Waals surface area contributed by atoms with E-state index in [-0.39, 0.29) is 91.7 Å². The standard InChI is InChI=1S/C39H46N7O4S.C13H9N2O4.Y/c1-25-30(12-10-13-31(25)43-37(48)34-23-28-11-6-7-14-33(28)51-34)32-24-45(4)39(50)36(42-32)41-29-17-15-27(16-18-29)35-38(49)46(22-21-44(35)3)20-9-5-8-19-40-26(2)47;16-10-6-5-9(11(17)14-10)15-12(18)7-3-1-2-4-8(7)13(15)19;/h10,12-13,15-18,23-24,35H,2,5-9,11,14,19-22H2,1,3-4H3,(H,40,47)(H,41,42)(H,43,48);1-3,9H,5-6H2,(H,14,16,17);/q2*-1;/t35-;;/m1../s1. The summed E-state index contributed by atoms with van der Waals surface area (Å²) in [4.78, 5) is 110. The van der Waals surface area contributed by atoms with Gasteiger partial charge < -0.3 is 46.8 Å². The zero-order valence-electron chi connectivity index (χ0n) is 40.0. The van der Waals surface area contributed by atoms with E-state index in [0.29, 0.717) is 36.7 Å². The van der Waals surface area contributed by atoms with Crippen LogP contribution in [-0.4, -0.2) is 105 Å². The average Bonchev–Trinajstić information content (AvgIpc) is 3.89. The van der Waals surface area contributed by atoms with Crippen LogP contribution in [0.5, 0.6) is 0 Å². The molecule has 4 aliphatic rings. The Morgan fingerprint density at radius 2 is 1.66 bits per heavy atom. The Kier molecular flexibility index (Phi) is 17.2. The number of aryl methyl sites for hydroxylation is 3. The molecule has 0 saturated carbocycles. The van der Waals surface area contributed by atoms with Gasteiger partial charge in [0.25, 0.3) is 11.5 Å². The van der Waals surface area contributed by atoms with Crippen LogP contribution in [0.4, 0.5) is 17.2 Å². The Balaban J connectivity index is 0.000000308. The molecule has 2 atom stereocenters. The van der Waals surface area contributed by atoms with E-state index in [4.69, 9.17) is 4.98 Å². The van der Waals surface area contributed by atoms with Crippen molar-refractivity contribution in [3.63, 3.8) is 0 Å². The number of hydrogen-bond donors (Lipinski definition) is 4. The number of carbonyl (C=O) groups excluding carboxylic acids is 7. The molecule has 7 amide bonds. The first-order valence-electron chi connectivity index (χ1n) is 23.5. The van der Waals surface area contributed by atoms with Crippen LogP contribution < -0.4 is 26.8 Å². The van der Waals surface area contributed by atoms with Gasteiger partial charge >= 0.3 is 0 Å². The van der Waals surface area contributed by atoms with Gasteiger partial charge in [0.15, 0.2) is 11.7 Å². The van der Waals surface area contributed by atoms with Gasteiger partial charge in [-0.25, -0.2) is 4.98 Å². The van der Waals surface area contributed by atoms with Crippen molar-refractivity contribution in [1.29, 1.82) is 0 Å². The fourth-order valence-corrected chi connectivity index (χ4v) is 10.4. The van der Waals surface area contributed by atoms with Gasteiger partial charge in [-0.2, -0.15) is 0 Å². The van der Waals surface area contributed by atoms with E-state index in [2.05, 4.69) is 39.2 Å². The maximum atomic E-state index is 13.5. The van der Waals surface area contributed by atoms with Crippen LogP contribution in [0, 0.1) is 19.9 Å². The number of rotatable bonds is 13. The number of nitrogens with one attached hydrogen (secondary N) is 4. The molecular weight excluding hydrogens is 1000 g/mol. The molecule has 2 fully saturated rings. The van der Waals surface area contributed by atoms with Crippen molar-refractivity contribution in [1.82, 2.24) is 34.9 Å². The van der Waals surface area contributed by atoms with E-state index >= 15 is 0 Å². The Morgan fingerprint density at radius 3 is 2.39 bits per heavy atom. The second-order valence-corrected chi connectivity index (χ2v) is 19.0. The molecule has 5 heterocycles. The number of aromatic nitrogens is 2. The van der Waals surface area contributed by atoms with Crippen LogP contribution >= 0.6 is 11.3 Å². The molecule has 1 radical (unpaired) electrons. The van der Waals surface area contributed by atoms with Crippen LogP contribution in [-0.2, 0) is 71.8 Å². The largest absolute Gasteiger partial charge is 0.381 e. The monoisotopic (exact) mass is 1050 g/mol. The number of nitrogens with zero attached hydrogens (tertiary/aromatic N) is 5. The van der Waals surface area contributed by atoms with E-state index in [1.54, 1.807) is 30.6 Å². The van der Waals surface area contributed by atoms with Gasteiger partial charge in [0.2, 0.25) is 23.6 Å². The fourth-order valence-electron chi connectivity index (χ4n) is 9.21. The first kappa shape index (κ1) is 52.5. The summed E-state index contributed by atoms with van der Waals surface area (Å²) < 4.78 is 1.50. The number of hydrogen-bond acceptors (Lipinski definition) is 12. The second-order valence-electron chi connectivity index (χ2n) is 17.9. The maximum Gasteiger partial charge on any atom is 0.293 e. The summed E-state index contributed by atoms with van der Waals surface area (Å²) in [5.74, 6) is -2.17. The molecule has 1 unspecified atom stereocenters. The summed E-state index contributed by atoms with van der Waals surface area (Å²) in [7, 11) is 3.65. The topological polar surface area (TPSA) is 212 Å². The third-order valence-corrected chi connectivity index (χ3v) is 14.3. The molecule has 3 aliphatic heterocycles. The minimum Gasteiger partial charge on any atom is -0.381 e. The van der Waals surface area contributed by atoms with Crippen molar-refractivity contribution in [2.45, 2.75) is 76.8 Å². The van der Waals surface area contributed by atoms with Gasteiger partial charge in [0.1, 0.15) is 12.1 Å². The SMILES string of the molecule is O=C1CCC(N2C(=O)c3[c-]cccc3C2=O)C(=O)N1.[CH2-]C(=O)NCCCCCN1CCN(C)[C@H](c2ccc(Nc3nc(-c4cccc(NC(=O)c5cc6c(s5)CCCC6)c4C)cn(C)c3=O)cc2)C1=O.[Y]. The first-order valence-corrected chi connectivity index (χ1v) is 24.3. The molecule has 9 rings (SSSR count). The number of piperidine rings is 1. The Labute approximate surface area is 441 Å². The zero-order valence-corrected chi connectivity index (χ0v) is 43.6. The van der Waals surface area contributed by atoms with Crippen molar-refractivity contribution >= 4 is 69.9 Å². The molecule has 3 aromatic carbocycles. The van der Waals surface area contributed by atoms with E-state index in [1.165, 1.54) is 40.0 Å². The molecule has 367 valence electrons. The molecule has 0 bridgehead atoms. The second kappa shape index (κ2) is 23.3. The number of amides is 7. The summed E-state index contributed by atoms with van der Waals surface area (Å²) in [6, 6.07) is 21.4. The van der Waals surface area contributed by atoms with Gasteiger partial charge in [-0.15, -0.1) is 35.6 Å². The number of anilines is 3. The Hall–Kier alpha value is -6.34. The smallest absolute Gasteiger partial charge is 0.293 e. The molecule has 2 saturated heterocycles. The van der Waals surface area contributed by atoms with Gasteiger partial charge in [-0.1, -0.05) is 29.8 Å². The molecule has 71 heavy (non-hydrogen) atoms. The van der Waals surface area contributed by atoms with E-state index in [9.17, 15) is 38.4 Å². The van der Waals surface area contributed by atoms with E-state index in [1.807, 2.05) is 67.4 Å². The van der Waals surface area contributed by atoms with Crippen molar-refractivity contribution in [3.8, 4) is 11.3 Å². The van der Waals surface area contributed by atoms with Crippen LogP contribution in [0.1, 0.15) is 103 Å². The van der Waals surface area contributed by atoms with Gasteiger partial charge in [-0.05, 0) is 112 Å². The van der Waals surface area contributed by atoms with Crippen LogP contribution in [0.2, 0.25) is 0 Å². The number of fused-ring (bicyclic) bond motifs is 2. The minimum atomic E-state index is -0.918. The molecule has 4 N–H and O–H groups in total. The number of carbonyl (C=O) groups is 7. The summed E-state index contributed by atoms with van der Waals surface area (Å²) >= 11 is 1.59. The molecule has 0 spiro atoms. The molecule has 5 aromatic rings. The predicted molar refractivity (Wildman–Crippen MR) is 264 cm³/mol. The number of benzene rings is 3. The van der Waals surface area contributed by atoms with Crippen molar-refractivity contribution in [3.05, 3.63) is 134 Å². The van der Waals surface area contributed by atoms with Crippen molar-refractivity contribution < 1.29 is 66.3 Å². The normalized spacial score (nSPS) is 17.6. The summed E-state index contributed by atoms with van der Waals surface area (Å²) in [6.45, 7) is 7.98. The molecule has 17 nitrogen and oxygen atoms in total.